The zero-order valence-corrected chi connectivity index (χ0v) is 14.3. The first kappa shape index (κ1) is 16.1. The van der Waals surface area contributed by atoms with E-state index in [0.29, 0.717) is 25.9 Å². The molecule has 25 heavy (non-hydrogen) atoms. The second kappa shape index (κ2) is 5.84. The molecule has 0 aromatic heterocycles. The van der Waals surface area contributed by atoms with Crippen LogP contribution < -0.4 is 4.90 Å². The van der Waals surface area contributed by atoms with Gasteiger partial charge in [-0.1, -0.05) is 17.7 Å². The summed E-state index contributed by atoms with van der Waals surface area (Å²) in [5, 5.41) is 0. The van der Waals surface area contributed by atoms with Gasteiger partial charge in [-0.3, -0.25) is 9.59 Å². The van der Waals surface area contributed by atoms with Gasteiger partial charge in [0.1, 0.15) is 12.1 Å². The number of carbonyl (C=O) groups is 3. The number of aryl methyl sites for hydroxylation is 1. The number of hydrogen-bond acceptors (Lipinski definition) is 4. The molecule has 0 unspecified atom stereocenters. The molecule has 4 rings (SSSR count). The normalized spacial score (nSPS) is 29.1. The van der Waals surface area contributed by atoms with Crippen molar-refractivity contribution in [3.63, 3.8) is 0 Å². The SMILES string of the molecule is CO[C@@H]1C[C@@H]2C(=O)N([C@H]3CCN(c4ccc(C)cc4)C3=O)C(=O)N2C1. The summed E-state index contributed by atoms with van der Waals surface area (Å²) in [5.74, 6) is -0.455. The summed E-state index contributed by atoms with van der Waals surface area (Å²) < 4.78 is 5.27. The summed E-state index contributed by atoms with van der Waals surface area (Å²) in [6, 6.07) is 6.13. The first-order valence-electron chi connectivity index (χ1n) is 8.55. The molecule has 0 saturated carbocycles. The van der Waals surface area contributed by atoms with E-state index in [1.54, 1.807) is 12.0 Å². The molecule has 1 aromatic rings. The van der Waals surface area contributed by atoms with Crippen LogP contribution in [0.3, 0.4) is 0 Å². The van der Waals surface area contributed by atoms with E-state index in [2.05, 4.69) is 0 Å². The van der Waals surface area contributed by atoms with Crippen LogP contribution in [0, 0.1) is 6.92 Å². The van der Waals surface area contributed by atoms with Crippen molar-refractivity contribution in [2.75, 3.05) is 25.1 Å². The molecule has 3 heterocycles. The van der Waals surface area contributed by atoms with Crippen molar-refractivity contribution >= 4 is 23.5 Å². The number of imide groups is 1. The molecule has 0 radical (unpaired) electrons. The van der Waals surface area contributed by atoms with Crippen molar-refractivity contribution in [2.45, 2.75) is 38.0 Å². The average molecular weight is 343 g/mol. The summed E-state index contributed by atoms with van der Waals surface area (Å²) in [4.78, 5) is 42.6. The maximum atomic E-state index is 12.8. The minimum atomic E-state index is -0.701. The van der Waals surface area contributed by atoms with Crippen LogP contribution in [0.5, 0.6) is 0 Å². The molecule has 0 bridgehead atoms. The van der Waals surface area contributed by atoms with Crippen LogP contribution in [0.1, 0.15) is 18.4 Å². The number of hydrogen-bond donors (Lipinski definition) is 0. The van der Waals surface area contributed by atoms with Crippen molar-refractivity contribution in [2.24, 2.45) is 0 Å². The Bertz CT molecular complexity index is 708. The van der Waals surface area contributed by atoms with Crippen molar-refractivity contribution in [1.29, 1.82) is 0 Å². The predicted molar refractivity (Wildman–Crippen MR) is 90.1 cm³/mol. The van der Waals surface area contributed by atoms with Gasteiger partial charge in [0.2, 0.25) is 5.91 Å². The van der Waals surface area contributed by atoms with E-state index >= 15 is 0 Å². The Hall–Kier alpha value is -2.41. The third-order valence-corrected chi connectivity index (χ3v) is 5.40. The second-order valence-corrected chi connectivity index (χ2v) is 6.88. The number of urea groups is 1. The molecule has 132 valence electrons. The average Bonchev–Trinajstić information content (AvgIpc) is 3.25. The molecule has 4 amide bonds. The zero-order chi connectivity index (χ0) is 17.7. The fraction of sp³-hybridized carbons (Fsp3) is 0.500. The zero-order valence-electron chi connectivity index (χ0n) is 14.3. The van der Waals surface area contributed by atoms with E-state index in [1.807, 2.05) is 31.2 Å². The highest BCUT2D eigenvalue weighted by atomic mass is 16.5. The lowest BCUT2D eigenvalue weighted by molar-refractivity contribution is -0.134. The van der Waals surface area contributed by atoms with Crippen molar-refractivity contribution < 1.29 is 19.1 Å². The molecule has 7 nitrogen and oxygen atoms in total. The molecule has 7 heteroatoms. The van der Waals surface area contributed by atoms with Crippen molar-refractivity contribution in [3.8, 4) is 0 Å². The highest BCUT2D eigenvalue weighted by Crippen LogP contribution is 2.33. The van der Waals surface area contributed by atoms with Gasteiger partial charge in [0.25, 0.3) is 5.91 Å². The van der Waals surface area contributed by atoms with Crippen molar-refractivity contribution in [3.05, 3.63) is 29.8 Å². The van der Waals surface area contributed by atoms with Gasteiger partial charge in [-0.2, -0.15) is 0 Å². The Labute approximate surface area is 146 Å². The Morgan fingerprint density at radius 1 is 1.04 bits per heavy atom. The summed E-state index contributed by atoms with van der Waals surface area (Å²) in [7, 11) is 1.58. The topological polar surface area (TPSA) is 70.2 Å². The molecule has 3 aliphatic rings. The van der Waals surface area contributed by atoms with Gasteiger partial charge in [0, 0.05) is 32.3 Å². The smallest absolute Gasteiger partial charge is 0.328 e. The number of anilines is 1. The van der Waals surface area contributed by atoms with Gasteiger partial charge < -0.3 is 14.5 Å². The number of nitrogens with zero attached hydrogens (tertiary/aromatic N) is 3. The number of ether oxygens (including phenoxy) is 1. The van der Waals surface area contributed by atoms with E-state index in [1.165, 1.54) is 9.80 Å². The molecule has 0 N–H and O–H groups in total. The molecule has 0 aliphatic carbocycles. The van der Waals surface area contributed by atoms with Gasteiger partial charge >= 0.3 is 6.03 Å². The van der Waals surface area contributed by atoms with Gasteiger partial charge in [0.15, 0.2) is 0 Å². The Kier molecular flexibility index (Phi) is 3.76. The van der Waals surface area contributed by atoms with Crippen LogP contribution >= 0.6 is 0 Å². The van der Waals surface area contributed by atoms with Gasteiger partial charge in [-0.25, -0.2) is 9.69 Å². The molecule has 0 spiro atoms. The number of amides is 4. The summed E-state index contributed by atoms with van der Waals surface area (Å²) in [5.41, 5.74) is 1.92. The molecule has 1 aromatic carbocycles. The molecule has 3 atom stereocenters. The quantitative estimate of drug-likeness (QED) is 0.772. The number of fused-ring (bicyclic) bond motifs is 1. The first-order valence-corrected chi connectivity index (χ1v) is 8.55. The van der Waals surface area contributed by atoms with E-state index < -0.39 is 12.1 Å². The summed E-state index contributed by atoms with van der Waals surface area (Å²) >= 11 is 0. The minimum Gasteiger partial charge on any atom is -0.380 e. The highest BCUT2D eigenvalue weighted by Gasteiger charge is 2.55. The van der Waals surface area contributed by atoms with Crippen LogP contribution in [0.15, 0.2) is 24.3 Å². The van der Waals surface area contributed by atoms with E-state index in [9.17, 15) is 14.4 Å². The lowest BCUT2D eigenvalue weighted by Crippen LogP contribution is -2.47. The lowest BCUT2D eigenvalue weighted by atomic mass is 10.1. The number of rotatable bonds is 3. The number of carbonyl (C=O) groups excluding carboxylic acids is 3. The Morgan fingerprint density at radius 2 is 1.76 bits per heavy atom. The van der Waals surface area contributed by atoms with E-state index in [-0.39, 0.29) is 23.9 Å². The lowest BCUT2D eigenvalue weighted by Gasteiger charge is -2.23. The Balaban J connectivity index is 1.54. The number of benzene rings is 1. The van der Waals surface area contributed by atoms with Crippen LogP contribution in [0.4, 0.5) is 10.5 Å². The molecular weight excluding hydrogens is 322 g/mol. The van der Waals surface area contributed by atoms with Gasteiger partial charge in [-0.05, 0) is 25.5 Å². The van der Waals surface area contributed by atoms with Gasteiger partial charge in [-0.15, -0.1) is 0 Å². The van der Waals surface area contributed by atoms with Gasteiger partial charge in [0.05, 0.1) is 6.10 Å². The fourth-order valence-electron chi connectivity index (χ4n) is 3.98. The maximum Gasteiger partial charge on any atom is 0.328 e. The Morgan fingerprint density at radius 3 is 2.40 bits per heavy atom. The van der Waals surface area contributed by atoms with Crippen LogP contribution in [-0.2, 0) is 14.3 Å². The molecule has 3 saturated heterocycles. The van der Waals surface area contributed by atoms with Crippen LogP contribution in [0.25, 0.3) is 0 Å². The highest BCUT2D eigenvalue weighted by molar-refractivity contribution is 6.11. The molecule has 3 aliphatic heterocycles. The van der Waals surface area contributed by atoms with Crippen LogP contribution in [-0.4, -0.2) is 66.0 Å². The fourth-order valence-corrected chi connectivity index (χ4v) is 3.98. The summed E-state index contributed by atoms with van der Waals surface area (Å²) in [6.07, 6.45) is 0.863. The third-order valence-electron chi connectivity index (χ3n) is 5.40. The number of methoxy groups -OCH3 is 1. The monoisotopic (exact) mass is 343 g/mol. The van der Waals surface area contributed by atoms with E-state index in [0.717, 1.165) is 11.3 Å². The molecule has 3 fully saturated rings. The van der Waals surface area contributed by atoms with Crippen LogP contribution in [0.2, 0.25) is 0 Å². The maximum absolute atomic E-state index is 12.8. The largest absolute Gasteiger partial charge is 0.380 e. The predicted octanol–water partition coefficient (Wildman–Crippen LogP) is 1.15. The van der Waals surface area contributed by atoms with E-state index in [4.69, 9.17) is 4.74 Å². The van der Waals surface area contributed by atoms with Crippen molar-refractivity contribution in [1.82, 2.24) is 9.80 Å². The minimum absolute atomic E-state index is 0.108. The third kappa shape index (κ3) is 2.41. The molecular formula is C18H21N3O4. The second-order valence-electron chi connectivity index (χ2n) is 6.88. The standard InChI is InChI=1S/C18H21N3O4/c1-11-3-5-12(6-4-11)19-8-7-14(16(19)22)21-17(23)15-9-13(25-2)10-20(15)18(21)24/h3-6,13-15H,7-10H2,1-2H3/t13-,14+,15-/m1/s1. The first-order chi connectivity index (χ1) is 12.0. The summed E-state index contributed by atoms with van der Waals surface area (Å²) in [6.45, 7) is 2.90.